The van der Waals surface area contributed by atoms with E-state index in [9.17, 15) is 9.59 Å². The van der Waals surface area contributed by atoms with Crippen LogP contribution in [-0.2, 0) is 27.4 Å². The average molecular weight is 346 g/mol. The average Bonchev–Trinajstić information content (AvgIpc) is 3.22. The monoisotopic (exact) mass is 346 g/mol. The first-order valence-electron chi connectivity index (χ1n) is 8.18. The molecule has 3 rings (SSSR count). The molecule has 0 bridgehead atoms. The molecule has 3 heterocycles. The molecule has 0 saturated carbocycles. The standard InChI is InChI=1S/C16H22N6O3/c1-11-5-19-22(8-11)10-15(24)21-3-4-25-14(9-21)16-18-7-13(20-16)6-17-12(2)23/h5,7-8,14H,3-4,6,9-10H2,1-2H3,(H,17,23)(H,18,20). The van der Waals surface area contributed by atoms with Crippen molar-refractivity contribution in [3.05, 3.63) is 35.7 Å². The molecule has 1 aliphatic heterocycles. The SMILES string of the molecule is CC(=O)NCc1cnc(C2CN(C(=O)Cn3cc(C)cn3)CCO2)[nH]1. The molecule has 2 amide bonds. The number of morpholine rings is 1. The highest BCUT2D eigenvalue weighted by Gasteiger charge is 2.27. The predicted molar refractivity (Wildman–Crippen MR) is 88.3 cm³/mol. The van der Waals surface area contributed by atoms with E-state index in [2.05, 4.69) is 20.4 Å². The van der Waals surface area contributed by atoms with E-state index in [0.29, 0.717) is 32.1 Å². The molecule has 0 spiro atoms. The summed E-state index contributed by atoms with van der Waals surface area (Å²) < 4.78 is 7.38. The van der Waals surface area contributed by atoms with Crippen molar-refractivity contribution in [2.45, 2.75) is 33.0 Å². The van der Waals surface area contributed by atoms with Gasteiger partial charge in [0.1, 0.15) is 18.5 Å². The van der Waals surface area contributed by atoms with Crippen LogP contribution in [0.2, 0.25) is 0 Å². The molecule has 134 valence electrons. The van der Waals surface area contributed by atoms with Gasteiger partial charge in [0.05, 0.1) is 37.8 Å². The molecule has 1 fully saturated rings. The Kier molecular flexibility index (Phi) is 5.13. The lowest BCUT2D eigenvalue weighted by Gasteiger charge is -2.32. The van der Waals surface area contributed by atoms with Crippen molar-refractivity contribution in [2.24, 2.45) is 0 Å². The van der Waals surface area contributed by atoms with E-state index in [4.69, 9.17) is 4.74 Å². The molecule has 9 nitrogen and oxygen atoms in total. The third-order valence-electron chi connectivity index (χ3n) is 3.96. The fourth-order valence-electron chi connectivity index (χ4n) is 2.68. The third kappa shape index (κ3) is 4.44. The minimum Gasteiger partial charge on any atom is -0.367 e. The Morgan fingerprint density at radius 1 is 1.44 bits per heavy atom. The number of aryl methyl sites for hydroxylation is 1. The van der Waals surface area contributed by atoms with Crippen molar-refractivity contribution in [1.82, 2.24) is 30.0 Å². The normalized spacial score (nSPS) is 17.5. The van der Waals surface area contributed by atoms with E-state index in [1.54, 1.807) is 22.0 Å². The second-order valence-corrected chi connectivity index (χ2v) is 6.12. The molecule has 1 unspecified atom stereocenters. The predicted octanol–water partition coefficient (Wildman–Crippen LogP) is 0.151. The lowest BCUT2D eigenvalue weighted by atomic mass is 10.2. The number of ether oxygens (including phenoxy) is 1. The second kappa shape index (κ2) is 7.47. The van der Waals surface area contributed by atoms with E-state index in [0.717, 1.165) is 11.3 Å². The number of hydrogen-bond donors (Lipinski definition) is 2. The molecule has 1 saturated heterocycles. The Labute approximate surface area is 145 Å². The van der Waals surface area contributed by atoms with Crippen molar-refractivity contribution in [3.8, 4) is 0 Å². The van der Waals surface area contributed by atoms with Crippen molar-refractivity contribution in [3.63, 3.8) is 0 Å². The van der Waals surface area contributed by atoms with Crippen LogP contribution >= 0.6 is 0 Å². The topological polar surface area (TPSA) is 105 Å². The first-order chi connectivity index (χ1) is 12.0. The quantitative estimate of drug-likeness (QED) is 0.802. The number of nitrogens with zero attached hydrogens (tertiary/aromatic N) is 4. The van der Waals surface area contributed by atoms with Crippen LogP contribution in [0.3, 0.4) is 0 Å². The maximum Gasteiger partial charge on any atom is 0.244 e. The molecule has 1 aliphatic rings. The van der Waals surface area contributed by atoms with E-state index in [-0.39, 0.29) is 24.5 Å². The number of imidazole rings is 1. The van der Waals surface area contributed by atoms with Gasteiger partial charge in [-0.15, -0.1) is 0 Å². The molecule has 2 aromatic rings. The Morgan fingerprint density at radius 2 is 2.28 bits per heavy atom. The zero-order valence-corrected chi connectivity index (χ0v) is 14.4. The number of aromatic amines is 1. The highest BCUT2D eigenvalue weighted by Crippen LogP contribution is 2.20. The Balaban J connectivity index is 1.59. The van der Waals surface area contributed by atoms with Gasteiger partial charge in [0.15, 0.2) is 0 Å². The summed E-state index contributed by atoms with van der Waals surface area (Å²) in [6.45, 7) is 5.45. The molecule has 0 aliphatic carbocycles. The summed E-state index contributed by atoms with van der Waals surface area (Å²) in [4.78, 5) is 32.7. The van der Waals surface area contributed by atoms with Crippen molar-refractivity contribution >= 4 is 11.8 Å². The number of carbonyl (C=O) groups excluding carboxylic acids is 2. The summed E-state index contributed by atoms with van der Waals surface area (Å²) in [5, 5.41) is 6.86. The van der Waals surface area contributed by atoms with Crippen molar-refractivity contribution in [2.75, 3.05) is 19.7 Å². The first kappa shape index (κ1) is 17.2. The van der Waals surface area contributed by atoms with Gasteiger partial charge in [-0.05, 0) is 12.5 Å². The lowest BCUT2D eigenvalue weighted by molar-refractivity contribution is -0.140. The van der Waals surface area contributed by atoms with Gasteiger partial charge >= 0.3 is 0 Å². The third-order valence-corrected chi connectivity index (χ3v) is 3.96. The van der Waals surface area contributed by atoms with E-state index in [1.807, 2.05) is 13.1 Å². The minimum absolute atomic E-state index is 0.00132. The highest BCUT2D eigenvalue weighted by atomic mass is 16.5. The summed E-state index contributed by atoms with van der Waals surface area (Å²) in [6.07, 6.45) is 4.94. The number of hydrogen-bond acceptors (Lipinski definition) is 5. The zero-order chi connectivity index (χ0) is 17.8. The van der Waals surface area contributed by atoms with Crippen LogP contribution in [0.4, 0.5) is 0 Å². The summed E-state index contributed by atoms with van der Waals surface area (Å²) >= 11 is 0. The number of H-pyrrole nitrogens is 1. The van der Waals surface area contributed by atoms with Crippen LogP contribution in [0, 0.1) is 6.92 Å². The van der Waals surface area contributed by atoms with Gasteiger partial charge in [-0.25, -0.2) is 4.98 Å². The van der Waals surface area contributed by atoms with Crippen LogP contribution in [0.15, 0.2) is 18.6 Å². The molecular weight excluding hydrogens is 324 g/mol. The van der Waals surface area contributed by atoms with Crippen LogP contribution in [0.1, 0.15) is 30.1 Å². The first-order valence-corrected chi connectivity index (χ1v) is 8.18. The zero-order valence-electron chi connectivity index (χ0n) is 14.4. The smallest absolute Gasteiger partial charge is 0.244 e. The Morgan fingerprint density at radius 3 is 3.00 bits per heavy atom. The van der Waals surface area contributed by atoms with Crippen LogP contribution < -0.4 is 5.32 Å². The fraction of sp³-hybridized carbons (Fsp3) is 0.500. The number of aromatic nitrogens is 4. The molecule has 0 aromatic carbocycles. The molecular formula is C16H22N6O3. The van der Waals surface area contributed by atoms with Gasteiger partial charge in [0, 0.05) is 19.7 Å². The van der Waals surface area contributed by atoms with Crippen molar-refractivity contribution in [1.29, 1.82) is 0 Å². The van der Waals surface area contributed by atoms with E-state index >= 15 is 0 Å². The van der Waals surface area contributed by atoms with Crippen molar-refractivity contribution < 1.29 is 14.3 Å². The maximum absolute atomic E-state index is 12.5. The summed E-state index contributed by atoms with van der Waals surface area (Å²) in [5.41, 5.74) is 1.82. The van der Waals surface area contributed by atoms with E-state index < -0.39 is 0 Å². The second-order valence-electron chi connectivity index (χ2n) is 6.12. The molecule has 9 heteroatoms. The van der Waals surface area contributed by atoms with E-state index in [1.165, 1.54) is 6.92 Å². The van der Waals surface area contributed by atoms with Gasteiger partial charge in [0.25, 0.3) is 0 Å². The molecule has 0 radical (unpaired) electrons. The summed E-state index contributed by atoms with van der Waals surface area (Å²) in [7, 11) is 0. The molecule has 2 aromatic heterocycles. The van der Waals surface area contributed by atoms with Gasteiger partial charge in [0.2, 0.25) is 11.8 Å². The number of rotatable bonds is 5. The fourth-order valence-corrected chi connectivity index (χ4v) is 2.68. The van der Waals surface area contributed by atoms with Crippen LogP contribution in [-0.4, -0.2) is 56.2 Å². The Bertz CT molecular complexity index is 753. The molecule has 25 heavy (non-hydrogen) atoms. The number of amides is 2. The summed E-state index contributed by atoms with van der Waals surface area (Å²) in [5.74, 6) is 0.560. The number of carbonyl (C=O) groups is 2. The van der Waals surface area contributed by atoms with Crippen LogP contribution in [0.5, 0.6) is 0 Å². The highest BCUT2D eigenvalue weighted by molar-refractivity contribution is 5.76. The molecule has 2 N–H and O–H groups in total. The lowest BCUT2D eigenvalue weighted by Crippen LogP contribution is -2.44. The maximum atomic E-state index is 12.5. The minimum atomic E-state index is -0.303. The van der Waals surface area contributed by atoms with Gasteiger partial charge < -0.3 is 19.9 Å². The van der Waals surface area contributed by atoms with Gasteiger partial charge in [-0.3, -0.25) is 14.3 Å². The van der Waals surface area contributed by atoms with Gasteiger partial charge in [-0.2, -0.15) is 5.10 Å². The largest absolute Gasteiger partial charge is 0.367 e. The Hall–Kier alpha value is -2.68. The summed E-state index contributed by atoms with van der Waals surface area (Å²) in [6, 6.07) is 0. The van der Waals surface area contributed by atoms with Crippen LogP contribution in [0.25, 0.3) is 0 Å². The van der Waals surface area contributed by atoms with Gasteiger partial charge in [-0.1, -0.05) is 0 Å². The number of nitrogens with one attached hydrogen (secondary N) is 2. The molecule has 1 atom stereocenters.